The molecule has 1 aromatic carbocycles. The molecule has 1 amide bonds. The summed E-state index contributed by atoms with van der Waals surface area (Å²) in [5, 5.41) is 11.0. The van der Waals surface area contributed by atoms with Gasteiger partial charge in [0.1, 0.15) is 0 Å². The highest BCUT2D eigenvalue weighted by Crippen LogP contribution is 2.19. The number of fused-ring (bicyclic) bond motifs is 1. The molecule has 0 saturated carbocycles. The van der Waals surface area contributed by atoms with Gasteiger partial charge in [-0.25, -0.2) is 0 Å². The number of benzene rings is 1. The zero-order valence-corrected chi connectivity index (χ0v) is 10.8. The number of amides is 1. The first kappa shape index (κ1) is 11.6. The maximum atomic E-state index is 12.2. The molecular weight excluding hydrogens is 246 g/mol. The molecule has 2 N–H and O–H groups in total. The van der Waals surface area contributed by atoms with Crippen LogP contribution < -0.4 is 5.32 Å². The zero-order chi connectivity index (χ0) is 12.4. The first-order valence-electron chi connectivity index (χ1n) is 6.16. The second kappa shape index (κ2) is 5.02. The van der Waals surface area contributed by atoms with E-state index in [-0.39, 0.29) is 5.91 Å². The Morgan fingerprint density at radius 2 is 2.11 bits per heavy atom. The molecule has 3 rings (SSSR count). The molecular formula is C13H15N3OS. The number of nitrogens with zero attached hydrogens (tertiary/aromatic N) is 1. The fourth-order valence-electron chi connectivity index (χ4n) is 2.23. The van der Waals surface area contributed by atoms with Gasteiger partial charge in [0, 0.05) is 11.4 Å². The average molecular weight is 261 g/mol. The third-order valence-electron chi connectivity index (χ3n) is 3.24. The van der Waals surface area contributed by atoms with Crippen LogP contribution in [0.2, 0.25) is 0 Å². The summed E-state index contributed by atoms with van der Waals surface area (Å²) in [6, 6.07) is 8.00. The molecule has 5 heteroatoms. The highest BCUT2D eigenvalue weighted by molar-refractivity contribution is 7.99. The molecule has 1 aliphatic rings. The van der Waals surface area contributed by atoms with Crippen molar-refractivity contribution in [1.82, 2.24) is 15.5 Å². The lowest BCUT2D eigenvalue weighted by atomic mass is 10.1. The number of thioether (sulfide) groups is 1. The van der Waals surface area contributed by atoms with Gasteiger partial charge in [-0.05, 0) is 30.4 Å². The van der Waals surface area contributed by atoms with Gasteiger partial charge in [-0.2, -0.15) is 16.9 Å². The fourth-order valence-corrected chi connectivity index (χ4v) is 3.34. The van der Waals surface area contributed by atoms with Crippen molar-refractivity contribution in [2.24, 2.45) is 0 Å². The molecule has 0 bridgehead atoms. The predicted octanol–water partition coefficient (Wildman–Crippen LogP) is 2.19. The lowest BCUT2D eigenvalue weighted by Crippen LogP contribution is -2.37. The Bertz CT molecular complexity index is 560. The standard InChI is InChI=1S/C13H15N3OS/c17-13(14-9-5-7-18-8-6-9)12-10-3-1-2-4-11(10)15-16-12/h1-4,9H,5-8H2,(H,14,17)(H,15,16). The van der Waals surface area contributed by atoms with Gasteiger partial charge in [-0.3, -0.25) is 9.89 Å². The summed E-state index contributed by atoms with van der Waals surface area (Å²) < 4.78 is 0. The molecule has 0 aliphatic carbocycles. The van der Waals surface area contributed by atoms with Gasteiger partial charge >= 0.3 is 0 Å². The van der Waals surface area contributed by atoms with Crippen molar-refractivity contribution in [2.75, 3.05) is 11.5 Å². The molecule has 0 unspecified atom stereocenters. The number of aromatic amines is 1. The first-order chi connectivity index (χ1) is 8.84. The highest BCUT2D eigenvalue weighted by atomic mass is 32.2. The SMILES string of the molecule is O=C(NC1CCSCC1)c1n[nH]c2ccccc12. The van der Waals surface area contributed by atoms with Gasteiger partial charge in [0.25, 0.3) is 5.91 Å². The van der Waals surface area contributed by atoms with Gasteiger partial charge in [0.2, 0.25) is 0 Å². The number of hydrogen-bond donors (Lipinski definition) is 2. The minimum atomic E-state index is -0.0654. The van der Waals surface area contributed by atoms with Crippen LogP contribution in [0, 0.1) is 0 Å². The first-order valence-corrected chi connectivity index (χ1v) is 7.32. The van der Waals surface area contributed by atoms with Crippen molar-refractivity contribution >= 4 is 28.6 Å². The maximum absolute atomic E-state index is 12.2. The van der Waals surface area contributed by atoms with Crippen LogP contribution >= 0.6 is 11.8 Å². The minimum Gasteiger partial charge on any atom is -0.348 e. The molecule has 18 heavy (non-hydrogen) atoms. The number of para-hydroxylation sites is 1. The second-order valence-electron chi connectivity index (χ2n) is 4.48. The van der Waals surface area contributed by atoms with E-state index in [1.54, 1.807) is 0 Å². The summed E-state index contributed by atoms with van der Waals surface area (Å²) in [7, 11) is 0. The van der Waals surface area contributed by atoms with Crippen LogP contribution in [0.1, 0.15) is 23.3 Å². The molecule has 0 atom stereocenters. The van der Waals surface area contributed by atoms with Crippen molar-refractivity contribution in [1.29, 1.82) is 0 Å². The smallest absolute Gasteiger partial charge is 0.272 e. The molecule has 1 saturated heterocycles. The number of aromatic nitrogens is 2. The van der Waals surface area contributed by atoms with E-state index in [1.807, 2.05) is 36.0 Å². The number of carbonyl (C=O) groups excluding carboxylic acids is 1. The fraction of sp³-hybridized carbons (Fsp3) is 0.385. The molecule has 94 valence electrons. The van der Waals surface area contributed by atoms with E-state index in [4.69, 9.17) is 0 Å². The predicted molar refractivity (Wildman–Crippen MR) is 73.9 cm³/mol. The van der Waals surface area contributed by atoms with Crippen molar-refractivity contribution in [3.05, 3.63) is 30.0 Å². The Balaban J connectivity index is 1.79. The third kappa shape index (κ3) is 2.22. The van der Waals surface area contributed by atoms with E-state index in [9.17, 15) is 4.79 Å². The van der Waals surface area contributed by atoms with Gasteiger partial charge in [-0.1, -0.05) is 18.2 Å². The maximum Gasteiger partial charge on any atom is 0.272 e. The molecule has 0 spiro atoms. The van der Waals surface area contributed by atoms with Gasteiger partial charge in [-0.15, -0.1) is 0 Å². The largest absolute Gasteiger partial charge is 0.348 e. The summed E-state index contributed by atoms with van der Waals surface area (Å²) in [5.41, 5.74) is 1.41. The molecule has 2 heterocycles. The number of carbonyl (C=O) groups is 1. The van der Waals surface area contributed by atoms with E-state index in [0.717, 1.165) is 35.3 Å². The quantitative estimate of drug-likeness (QED) is 0.871. The second-order valence-corrected chi connectivity index (χ2v) is 5.70. The van der Waals surface area contributed by atoms with Crippen molar-refractivity contribution in [3.8, 4) is 0 Å². The highest BCUT2D eigenvalue weighted by Gasteiger charge is 2.19. The number of hydrogen-bond acceptors (Lipinski definition) is 3. The lowest BCUT2D eigenvalue weighted by Gasteiger charge is -2.22. The Morgan fingerprint density at radius 3 is 2.94 bits per heavy atom. The summed E-state index contributed by atoms with van der Waals surface area (Å²) in [6.07, 6.45) is 2.11. The zero-order valence-electron chi connectivity index (χ0n) is 9.98. The Morgan fingerprint density at radius 1 is 1.33 bits per heavy atom. The minimum absolute atomic E-state index is 0.0654. The normalized spacial score (nSPS) is 16.9. The van der Waals surface area contributed by atoms with Crippen LogP contribution in [0.4, 0.5) is 0 Å². The third-order valence-corrected chi connectivity index (χ3v) is 4.29. The molecule has 1 aromatic heterocycles. The van der Waals surface area contributed by atoms with Crippen LogP contribution in [0.25, 0.3) is 10.9 Å². The lowest BCUT2D eigenvalue weighted by molar-refractivity contribution is 0.0931. The van der Waals surface area contributed by atoms with Crippen molar-refractivity contribution in [3.63, 3.8) is 0 Å². The van der Waals surface area contributed by atoms with E-state index < -0.39 is 0 Å². The van der Waals surface area contributed by atoms with E-state index >= 15 is 0 Å². The van der Waals surface area contributed by atoms with Gasteiger partial charge in [0.15, 0.2) is 5.69 Å². The molecule has 2 aromatic rings. The monoisotopic (exact) mass is 261 g/mol. The summed E-state index contributed by atoms with van der Waals surface area (Å²) in [4.78, 5) is 12.2. The molecule has 1 aliphatic heterocycles. The topological polar surface area (TPSA) is 57.8 Å². The molecule has 0 radical (unpaired) electrons. The van der Waals surface area contributed by atoms with Crippen molar-refractivity contribution in [2.45, 2.75) is 18.9 Å². The average Bonchev–Trinajstić information content (AvgIpc) is 2.84. The number of nitrogens with one attached hydrogen (secondary N) is 2. The van der Waals surface area contributed by atoms with Gasteiger partial charge < -0.3 is 5.32 Å². The van der Waals surface area contributed by atoms with Crippen molar-refractivity contribution < 1.29 is 4.79 Å². The van der Waals surface area contributed by atoms with E-state index in [0.29, 0.717) is 11.7 Å². The molecule has 4 nitrogen and oxygen atoms in total. The molecule has 1 fully saturated rings. The van der Waals surface area contributed by atoms with Crippen LogP contribution in [0.3, 0.4) is 0 Å². The van der Waals surface area contributed by atoms with Crippen LogP contribution in [-0.4, -0.2) is 33.7 Å². The van der Waals surface area contributed by atoms with Crippen LogP contribution in [0.5, 0.6) is 0 Å². The Kier molecular flexibility index (Phi) is 3.23. The Hall–Kier alpha value is -1.49. The van der Waals surface area contributed by atoms with Gasteiger partial charge in [0.05, 0.1) is 5.52 Å². The summed E-state index contributed by atoms with van der Waals surface area (Å²) >= 11 is 1.95. The number of rotatable bonds is 2. The van der Waals surface area contributed by atoms with E-state index in [1.165, 1.54) is 0 Å². The summed E-state index contributed by atoms with van der Waals surface area (Å²) in [6.45, 7) is 0. The Labute approximate surface area is 110 Å². The van der Waals surface area contributed by atoms with E-state index in [2.05, 4.69) is 15.5 Å². The van der Waals surface area contributed by atoms with Crippen LogP contribution in [-0.2, 0) is 0 Å². The summed E-state index contributed by atoms with van der Waals surface area (Å²) in [5.74, 6) is 2.20. The van der Waals surface area contributed by atoms with Crippen LogP contribution in [0.15, 0.2) is 24.3 Å². The number of H-pyrrole nitrogens is 1.